The maximum atomic E-state index is 12.9. The second-order valence-corrected chi connectivity index (χ2v) is 11.0. The average molecular weight is 534 g/mol. The summed E-state index contributed by atoms with van der Waals surface area (Å²) in [6.45, 7) is 1.86. The van der Waals surface area contributed by atoms with Crippen molar-refractivity contribution in [2.75, 3.05) is 5.32 Å². The van der Waals surface area contributed by atoms with Crippen LogP contribution in [0.2, 0.25) is 0 Å². The summed E-state index contributed by atoms with van der Waals surface area (Å²) < 4.78 is 6.75. The molecule has 194 valence electrons. The Hall–Kier alpha value is -4.42. The molecular formula is C33H27NO4S. The molecule has 1 amide bonds. The number of carbonyl (C=O) groups excluding carboxylic acids is 1. The van der Waals surface area contributed by atoms with Crippen molar-refractivity contribution >= 4 is 38.5 Å². The molecule has 0 spiro atoms. The van der Waals surface area contributed by atoms with Crippen LogP contribution in [0.5, 0.6) is 0 Å². The molecule has 1 heterocycles. The van der Waals surface area contributed by atoms with Gasteiger partial charge in [-0.2, -0.15) is 0 Å². The molecule has 2 N–H and O–H groups in total. The number of ether oxygens (including phenoxy) is 1. The van der Waals surface area contributed by atoms with E-state index < -0.39 is 17.5 Å². The highest BCUT2D eigenvalue weighted by atomic mass is 32.1. The molecular weight excluding hydrogens is 506 g/mol. The summed E-state index contributed by atoms with van der Waals surface area (Å²) in [4.78, 5) is 24.5. The number of carboxylic acids is 1. The minimum atomic E-state index is -0.745. The fraction of sp³-hybridized carbons (Fsp3) is 0.152. The number of aliphatic carboxylic acids is 1. The number of hydrogen-bond acceptors (Lipinski definition) is 4. The van der Waals surface area contributed by atoms with Crippen LogP contribution in [0.15, 0.2) is 103 Å². The Kier molecular flexibility index (Phi) is 6.41. The van der Waals surface area contributed by atoms with Gasteiger partial charge < -0.3 is 9.84 Å². The van der Waals surface area contributed by atoms with Gasteiger partial charge in [-0.3, -0.25) is 10.1 Å². The molecule has 0 aliphatic heterocycles. The minimum absolute atomic E-state index is 0.375. The maximum absolute atomic E-state index is 12.9. The quantitative estimate of drug-likeness (QED) is 0.219. The van der Waals surface area contributed by atoms with Gasteiger partial charge in [-0.25, -0.2) is 4.79 Å². The van der Waals surface area contributed by atoms with E-state index in [0.29, 0.717) is 12.8 Å². The van der Waals surface area contributed by atoms with Gasteiger partial charge in [-0.05, 0) is 53.6 Å². The number of nitrogens with one attached hydrogen (secondary N) is 1. The van der Waals surface area contributed by atoms with E-state index in [2.05, 4.69) is 35.6 Å². The third-order valence-corrected chi connectivity index (χ3v) is 8.55. The summed E-state index contributed by atoms with van der Waals surface area (Å²) in [6.07, 6.45) is 0.519. The second-order valence-electron chi connectivity index (χ2n) is 9.93. The number of benzene rings is 4. The third-order valence-electron chi connectivity index (χ3n) is 7.47. The van der Waals surface area contributed by atoms with Crippen molar-refractivity contribution in [1.82, 2.24) is 0 Å². The number of carboxylic acid groups (broad SMARTS) is 1. The number of anilines is 1. The minimum Gasteiger partial charge on any atom is -0.481 e. The van der Waals surface area contributed by atoms with Crippen LogP contribution in [-0.2, 0) is 14.9 Å². The first kappa shape index (κ1) is 24.9. The lowest BCUT2D eigenvalue weighted by Gasteiger charge is -2.14. The van der Waals surface area contributed by atoms with E-state index in [1.807, 2.05) is 79.7 Å². The van der Waals surface area contributed by atoms with Crippen molar-refractivity contribution in [3.8, 4) is 22.3 Å². The molecule has 0 saturated heterocycles. The van der Waals surface area contributed by atoms with Crippen molar-refractivity contribution in [3.63, 3.8) is 0 Å². The number of fused-ring (bicyclic) bond motifs is 1. The highest BCUT2D eigenvalue weighted by Gasteiger charge is 2.51. The lowest BCUT2D eigenvalue weighted by molar-refractivity contribution is -0.140. The van der Waals surface area contributed by atoms with Crippen LogP contribution in [0.1, 0.15) is 37.0 Å². The Bertz CT molecular complexity index is 1650. The van der Waals surface area contributed by atoms with Crippen LogP contribution in [0.25, 0.3) is 32.3 Å². The van der Waals surface area contributed by atoms with Crippen molar-refractivity contribution < 1.29 is 19.4 Å². The van der Waals surface area contributed by atoms with Gasteiger partial charge in [0, 0.05) is 15.6 Å². The van der Waals surface area contributed by atoms with Gasteiger partial charge in [0.15, 0.2) is 0 Å². The molecule has 39 heavy (non-hydrogen) atoms. The zero-order chi connectivity index (χ0) is 27.0. The molecule has 5 aromatic rings. The number of thiophene rings is 1. The highest BCUT2D eigenvalue weighted by Crippen LogP contribution is 2.49. The molecule has 6 heteroatoms. The predicted molar refractivity (Wildman–Crippen MR) is 156 cm³/mol. The van der Waals surface area contributed by atoms with Crippen LogP contribution >= 0.6 is 11.3 Å². The number of rotatable bonds is 7. The smallest absolute Gasteiger partial charge is 0.412 e. The normalized spacial score (nSPS) is 14.5. The number of carbonyl (C=O) groups is 2. The molecule has 6 rings (SSSR count). The summed E-state index contributed by atoms with van der Waals surface area (Å²) in [7, 11) is 0. The van der Waals surface area contributed by atoms with E-state index in [4.69, 9.17) is 4.74 Å². The molecule has 4 aromatic carbocycles. The lowest BCUT2D eigenvalue weighted by Crippen LogP contribution is -2.19. The van der Waals surface area contributed by atoms with Gasteiger partial charge in [-0.1, -0.05) is 97.1 Å². The SMILES string of the molecule is C[C@@H](OC(=O)Nc1sc2ccccc2c1-c1ccc(-c2ccc(C3(C(=O)O)CC3)cc2)cc1)c1ccccc1. The summed E-state index contributed by atoms with van der Waals surface area (Å²) in [6, 6.07) is 33.8. The predicted octanol–water partition coefficient (Wildman–Crippen LogP) is 8.66. The fourth-order valence-corrected chi connectivity index (χ4v) is 6.17. The van der Waals surface area contributed by atoms with Crippen LogP contribution in [-0.4, -0.2) is 17.2 Å². The van der Waals surface area contributed by atoms with Crippen LogP contribution in [0, 0.1) is 0 Å². The molecule has 1 saturated carbocycles. The van der Waals surface area contributed by atoms with Crippen LogP contribution in [0.4, 0.5) is 9.80 Å². The maximum Gasteiger partial charge on any atom is 0.412 e. The molecule has 0 bridgehead atoms. The molecule has 1 aliphatic rings. The average Bonchev–Trinajstić information content (AvgIpc) is 3.70. The summed E-state index contributed by atoms with van der Waals surface area (Å²) in [5.41, 5.74) is 5.11. The Morgan fingerprint density at radius 1 is 0.821 bits per heavy atom. The van der Waals surface area contributed by atoms with E-state index >= 15 is 0 Å². The van der Waals surface area contributed by atoms with Gasteiger partial charge in [-0.15, -0.1) is 11.3 Å². The van der Waals surface area contributed by atoms with Crippen molar-refractivity contribution in [2.45, 2.75) is 31.3 Å². The molecule has 0 unspecified atom stereocenters. The standard InChI is InChI=1S/C33H27NO4S/c1-21(22-7-3-2-4-8-22)38-32(37)34-30-29(27-9-5-6-10-28(27)39-30)25-13-11-23(12-14-25)24-15-17-26(18-16-24)33(19-20-33)31(35)36/h2-18,21H,19-20H2,1H3,(H,34,37)(H,35,36)/t21-/m1/s1. The molecule has 1 aliphatic carbocycles. The van der Waals surface area contributed by atoms with E-state index in [-0.39, 0.29) is 6.10 Å². The lowest BCUT2D eigenvalue weighted by atomic mass is 9.93. The molecule has 0 radical (unpaired) electrons. The van der Waals surface area contributed by atoms with Crippen molar-refractivity contribution in [2.24, 2.45) is 0 Å². The Labute approximate surface area is 230 Å². The monoisotopic (exact) mass is 533 g/mol. The van der Waals surface area contributed by atoms with Crippen LogP contribution in [0.3, 0.4) is 0 Å². The second kappa shape index (κ2) is 10.0. The first-order chi connectivity index (χ1) is 18.9. The number of amides is 1. The molecule has 1 fully saturated rings. The van der Waals surface area contributed by atoms with E-state index in [0.717, 1.165) is 48.5 Å². The first-order valence-electron chi connectivity index (χ1n) is 12.9. The summed E-state index contributed by atoms with van der Waals surface area (Å²) in [5, 5.41) is 14.4. The Morgan fingerprint density at radius 2 is 1.41 bits per heavy atom. The van der Waals surface area contributed by atoms with Gasteiger partial charge in [0.25, 0.3) is 0 Å². The van der Waals surface area contributed by atoms with E-state index in [1.165, 1.54) is 11.3 Å². The van der Waals surface area contributed by atoms with Gasteiger partial charge in [0.1, 0.15) is 11.1 Å². The first-order valence-corrected chi connectivity index (χ1v) is 13.8. The Morgan fingerprint density at radius 3 is 2.05 bits per heavy atom. The number of hydrogen-bond donors (Lipinski definition) is 2. The molecule has 1 atom stereocenters. The van der Waals surface area contributed by atoms with E-state index in [9.17, 15) is 14.7 Å². The van der Waals surface area contributed by atoms with Gasteiger partial charge >= 0.3 is 12.1 Å². The van der Waals surface area contributed by atoms with Crippen molar-refractivity contribution in [3.05, 3.63) is 114 Å². The largest absolute Gasteiger partial charge is 0.481 e. The van der Waals surface area contributed by atoms with Crippen molar-refractivity contribution in [1.29, 1.82) is 0 Å². The highest BCUT2D eigenvalue weighted by molar-refractivity contribution is 7.23. The summed E-state index contributed by atoms with van der Waals surface area (Å²) in [5.74, 6) is -0.745. The molecule has 1 aromatic heterocycles. The van der Waals surface area contributed by atoms with Gasteiger partial charge in [0.05, 0.1) is 5.41 Å². The third kappa shape index (κ3) is 4.79. The Balaban J connectivity index is 1.26. The zero-order valence-electron chi connectivity index (χ0n) is 21.4. The molecule has 5 nitrogen and oxygen atoms in total. The van der Waals surface area contributed by atoms with Crippen LogP contribution < -0.4 is 5.32 Å². The fourth-order valence-electron chi connectivity index (χ4n) is 5.06. The van der Waals surface area contributed by atoms with Gasteiger partial charge in [0.2, 0.25) is 0 Å². The zero-order valence-corrected chi connectivity index (χ0v) is 22.2. The van der Waals surface area contributed by atoms with E-state index in [1.54, 1.807) is 0 Å². The topological polar surface area (TPSA) is 75.6 Å². The summed E-state index contributed by atoms with van der Waals surface area (Å²) >= 11 is 1.52.